The zero-order chi connectivity index (χ0) is 12.9. The van der Waals surface area contributed by atoms with Crippen LogP contribution in [0.2, 0.25) is 0 Å². The van der Waals surface area contributed by atoms with E-state index in [1.165, 1.54) is 23.6 Å². The summed E-state index contributed by atoms with van der Waals surface area (Å²) in [6, 6.07) is 2.35. The van der Waals surface area contributed by atoms with Crippen molar-refractivity contribution in [2.45, 2.75) is 25.7 Å². The molecule has 0 saturated heterocycles. The maximum Gasteiger partial charge on any atom is 0.199 e. The number of aryl methyl sites for hydroxylation is 1. The fraction of sp³-hybridized carbons (Fsp3) is 0.333. The molecule has 0 amide bonds. The molecule has 94 valence electrons. The maximum absolute atomic E-state index is 14.0. The van der Waals surface area contributed by atoms with Gasteiger partial charge in [0.25, 0.3) is 0 Å². The molecule has 0 aliphatic heterocycles. The van der Waals surface area contributed by atoms with Crippen LogP contribution >= 0.6 is 12.2 Å². The molecule has 1 fully saturated rings. The van der Waals surface area contributed by atoms with Crippen molar-refractivity contribution in [3.63, 3.8) is 0 Å². The van der Waals surface area contributed by atoms with E-state index in [-0.39, 0.29) is 11.3 Å². The molecule has 3 rings (SSSR count). The number of hydrogen-bond acceptors (Lipinski definition) is 2. The molecule has 0 spiro atoms. The molecule has 0 unspecified atom stereocenters. The number of halogens is 2. The highest BCUT2D eigenvalue weighted by atomic mass is 32.1. The monoisotopic (exact) mass is 267 g/mol. The van der Waals surface area contributed by atoms with Gasteiger partial charge in [-0.3, -0.25) is 9.67 Å². The van der Waals surface area contributed by atoms with Crippen LogP contribution in [0.3, 0.4) is 0 Å². The maximum atomic E-state index is 14.0. The molecule has 3 nitrogen and oxygen atoms in total. The van der Waals surface area contributed by atoms with Gasteiger partial charge >= 0.3 is 0 Å². The Morgan fingerprint density at radius 2 is 2.06 bits per heavy atom. The second-order valence-electron chi connectivity index (χ2n) is 4.55. The first kappa shape index (κ1) is 11.5. The molecule has 1 heterocycles. The number of nitrogens with one attached hydrogen (secondary N) is 1. The van der Waals surface area contributed by atoms with E-state index in [1.807, 2.05) is 0 Å². The predicted molar refractivity (Wildman–Crippen MR) is 65.4 cm³/mol. The summed E-state index contributed by atoms with van der Waals surface area (Å²) < 4.78 is 29.3. The van der Waals surface area contributed by atoms with Crippen LogP contribution in [-0.2, 0) is 0 Å². The fourth-order valence-corrected chi connectivity index (χ4v) is 2.20. The third-order valence-electron chi connectivity index (χ3n) is 3.11. The van der Waals surface area contributed by atoms with Crippen LogP contribution in [0, 0.1) is 23.3 Å². The van der Waals surface area contributed by atoms with Crippen LogP contribution in [0.5, 0.6) is 0 Å². The molecule has 2 aromatic rings. The smallest absolute Gasteiger partial charge is 0.199 e. The third-order valence-corrected chi connectivity index (χ3v) is 3.38. The minimum atomic E-state index is -0.492. The van der Waals surface area contributed by atoms with Crippen molar-refractivity contribution in [2.75, 3.05) is 0 Å². The van der Waals surface area contributed by atoms with Crippen molar-refractivity contribution >= 4 is 12.2 Å². The SMILES string of the molecule is Cc1cc(F)c(-n2c(C3CC3)n[nH]c2=S)cc1F. The predicted octanol–water partition coefficient (Wildman–Crippen LogP) is 3.39. The minimum Gasteiger partial charge on any atom is -0.269 e. The van der Waals surface area contributed by atoms with Crippen LogP contribution in [0.1, 0.15) is 30.1 Å². The van der Waals surface area contributed by atoms with Gasteiger partial charge in [-0.1, -0.05) is 0 Å². The van der Waals surface area contributed by atoms with Gasteiger partial charge in [-0.25, -0.2) is 8.78 Å². The zero-order valence-corrected chi connectivity index (χ0v) is 10.5. The van der Waals surface area contributed by atoms with Gasteiger partial charge in [0.15, 0.2) is 4.77 Å². The van der Waals surface area contributed by atoms with Crippen LogP contribution < -0.4 is 0 Å². The number of aromatic nitrogens is 3. The molecule has 1 aromatic heterocycles. The van der Waals surface area contributed by atoms with E-state index in [9.17, 15) is 8.78 Å². The van der Waals surface area contributed by atoms with E-state index < -0.39 is 11.6 Å². The van der Waals surface area contributed by atoms with E-state index in [0.29, 0.717) is 16.5 Å². The van der Waals surface area contributed by atoms with Crippen LogP contribution in [0.15, 0.2) is 12.1 Å². The van der Waals surface area contributed by atoms with Crippen LogP contribution in [0.4, 0.5) is 8.78 Å². The minimum absolute atomic E-state index is 0.124. The molecule has 0 bridgehead atoms. The summed E-state index contributed by atoms with van der Waals surface area (Å²) in [5, 5.41) is 6.75. The summed E-state index contributed by atoms with van der Waals surface area (Å²) >= 11 is 5.09. The highest BCUT2D eigenvalue weighted by molar-refractivity contribution is 7.71. The number of benzene rings is 1. The van der Waals surface area contributed by atoms with Gasteiger partial charge in [0.05, 0.1) is 5.69 Å². The van der Waals surface area contributed by atoms with Crippen molar-refractivity contribution < 1.29 is 8.78 Å². The van der Waals surface area contributed by atoms with Gasteiger partial charge in [0.2, 0.25) is 0 Å². The van der Waals surface area contributed by atoms with Gasteiger partial charge in [-0.05, 0) is 43.6 Å². The summed E-state index contributed by atoms with van der Waals surface area (Å²) in [5.74, 6) is 0.0356. The Labute approximate surface area is 107 Å². The van der Waals surface area contributed by atoms with E-state index in [1.54, 1.807) is 0 Å². The van der Waals surface area contributed by atoms with Crippen LogP contribution in [0.25, 0.3) is 5.69 Å². The normalized spacial score (nSPS) is 15.1. The van der Waals surface area contributed by atoms with Crippen molar-refractivity contribution in [3.8, 4) is 5.69 Å². The van der Waals surface area contributed by atoms with Crippen molar-refractivity contribution in [2.24, 2.45) is 0 Å². The van der Waals surface area contributed by atoms with Gasteiger partial charge in [0, 0.05) is 12.0 Å². The van der Waals surface area contributed by atoms with Crippen molar-refractivity contribution in [1.29, 1.82) is 0 Å². The Morgan fingerprint density at radius 3 is 2.72 bits per heavy atom. The summed E-state index contributed by atoms with van der Waals surface area (Å²) in [7, 11) is 0. The average Bonchev–Trinajstić information content (AvgIpc) is 3.09. The second kappa shape index (κ2) is 3.98. The lowest BCUT2D eigenvalue weighted by Crippen LogP contribution is -2.04. The first-order valence-electron chi connectivity index (χ1n) is 5.71. The van der Waals surface area contributed by atoms with Crippen molar-refractivity contribution in [3.05, 3.63) is 39.9 Å². The molecule has 0 atom stereocenters. The lowest BCUT2D eigenvalue weighted by Gasteiger charge is -2.08. The molecule has 0 radical (unpaired) electrons. The Kier molecular flexibility index (Phi) is 2.55. The Balaban J connectivity index is 2.23. The number of nitrogens with zero attached hydrogens (tertiary/aromatic N) is 2. The highest BCUT2D eigenvalue weighted by Crippen LogP contribution is 2.40. The number of hydrogen-bond donors (Lipinski definition) is 1. The molecule has 1 saturated carbocycles. The van der Waals surface area contributed by atoms with Gasteiger partial charge in [0.1, 0.15) is 17.5 Å². The molecule has 18 heavy (non-hydrogen) atoms. The fourth-order valence-electron chi connectivity index (χ4n) is 1.96. The topological polar surface area (TPSA) is 33.6 Å². The molecule has 6 heteroatoms. The summed E-state index contributed by atoms with van der Waals surface area (Å²) in [4.78, 5) is 0. The quantitative estimate of drug-likeness (QED) is 0.846. The third kappa shape index (κ3) is 1.77. The lowest BCUT2D eigenvalue weighted by molar-refractivity contribution is 0.583. The Morgan fingerprint density at radius 1 is 1.33 bits per heavy atom. The molecule has 1 aliphatic rings. The Bertz CT molecular complexity index is 670. The number of H-pyrrole nitrogens is 1. The highest BCUT2D eigenvalue weighted by Gasteiger charge is 2.30. The van der Waals surface area contributed by atoms with Gasteiger partial charge < -0.3 is 0 Å². The van der Waals surface area contributed by atoms with E-state index in [2.05, 4.69) is 10.2 Å². The Hall–Kier alpha value is -1.56. The number of aromatic amines is 1. The average molecular weight is 267 g/mol. The molecule has 1 aromatic carbocycles. The van der Waals surface area contributed by atoms with Gasteiger partial charge in [-0.2, -0.15) is 5.10 Å². The van der Waals surface area contributed by atoms with Gasteiger partial charge in [-0.15, -0.1) is 0 Å². The number of rotatable bonds is 2. The zero-order valence-electron chi connectivity index (χ0n) is 9.70. The summed E-state index contributed by atoms with van der Waals surface area (Å²) in [6.07, 6.45) is 2.02. The van der Waals surface area contributed by atoms with Crippen molar-refractivity contribution in [1.82, 2.24) is 14.8 Å². The lowest BCUT2D eigenvalue weighted by atomic mass is 10.2. The standard InChI is InChI=1S/C12H11F2N3S/c1-6-4-9(14)10(5-8(6)13)17-11(7-2-3-7)15-16-12(17)18/h4-5,7H,2-3H2,1H3,(H,16,18). The van der Waals surface area contributed by atoms with E-state index >= 15 is 0 Å². The summed E-state index contributed by atoms with van der Waals surface area (Å²) in [6.45, 7) is 1.53. The largest absolute Gasteiger partial charge is 0.269 e. The molecular weight excluding hydrogens is 256 g/mol. The molecule has 1 N–H and O–H groups in total. The summed E-state index contributed by atoms with van der Waals surface area (Å²) in [5.41, 5.74) is 0.401. The first-order chi connectivity index (χ1) is 8.58. The molecular formula is C12H11F2N3S. The first-order valence-corrected chi connectivity index (χ1v) is 6.12. The van der Waals surface area contributed by atoms with E-state index in [0.717, 1.165) is 12.8 Å². The second-order valence-corrected chi connectivity index (χ2v) is 4.94. The van der Waals surface area contributed by atoms with Crippen LogP contribution in [-0.4, -0.2) is 14.8 Å². The molecule has 1 aliphatic carbocycles. The van der Waals surface area contributed by atoms with E-state index in [4.69, 9.17) is 12.2 Å².